The van der Waals surface area contributed by atoms with E-state index >= 15 is 0 Å². The van der Waals surface area contributed by atoms with Gasteiger partial charge in [-0.2, -0.15) is 0 Å². The van der Waals surface area contributed by atoms with Gasteiger partial charge in [-0.25, -0.2) is 9.97 Å². The molecule has 2 heterocycles. The molecule has 1 fully saturated rings. The van der Waals surface area contributed by atoms with Crippen molar-refractivity contribution in [2.45, 2.75) is 40.0 Å². The molecule has 1 atom stereocenters. The Hall–Kier alpha value is -2.76. The predicted octanol–water partition coefficient (Wildman–Crippen LogP) is 3.21. The van der Waals surface area contributed by atoms with Gasteiger partial charge in [-0.3, -0.25) is 9.59 Å². The number of nitrogens with one attached hydrogen (secondary N) is 1. The van der Waals surface area contributed by atoms with Gasteiger partial charge in [0, 0.05) is 24.6 Å². The first-order valence-corrected chi connectivity index (χ1v) is 8.86. The Balaban J connectivity index is 1.70. The number of hydrogen-bond donors (Lipinski definition) is 1. The molecule has 0 radical (unpaired) electrons. The van der Waals surface area contributed by atoms with Crippen LogP contribution in [0.2, 0.25) is 0 Å². The van der Waals surface area contributed by atoms with E-state index in [0.29, 0.717) is 12.2 Å². The van der Waals surface area contributed by atoms with Crippen molar-refractivity contribution in [3.05, 3.63) is 47.5 Å². The van der Waals surface area contributed by atoms with Gasteiger partial charge >= 0.3 is 0 Å². The highest BCUT2D eigenvalue weighted by Crippen LogP contribution is 2.29. The van der Waals surface area contributed by atoms with E-state index in [9.17, 15) is 9.59 Å². The fourth-order valence-electron chi connectivity index (χ4n) is 3.09. The molecule has 136 valence electrons. The first-order valence-electron chi connectivity index (χ1n) is 8.86. The summed E-state index contributed by atoms with van der Waals surface area (Å²) in [7, 11) is 0. The summed E-state index contributed by atoms with van der Waals surface area (Å²) >= 11 is 0. The third-order valence-corrected chi connectivity index (χ3v) is 4.82. The zero-order valence-corrected chi connectivity index (χ0v) is 15.6. The van der Waals surface area contributed by atoms with Gasteiger partial charge in [-0.15, -0.1) is 0 Å². The minimum Gasteiger partial charge on any atom is -0.323 e. The molecule has 1 unspecified atom stereocenters. The summed E-state index contributed by atoms with van der Waals surface area (Å²) in [4.78, 5) is 35.2. The Bertz CT molecular complexity index is 830. The molecule has 6 heteroatoms. The summed E-state index contributed by atoms with van der Waals surface area (Å²) in [6.07, 6.45) is 3.43. The Morgan fingerprint density at radius 2 is 1.92 bits per heavy atom. The summed E-state index contributed by atoms with van der Waals surface area (Å²) in [6.45, 7) is 8.43. The fourth-order valence-corrected chi connectivity index (χ4v) is 3.09. The van der Waals surface area contributed by atoms with Crippen LogP contribution in [0.4, 0.5) is 11.4 Å². The van der Waals surface area contributed by atoms with Crippen molar-refractivity contribution in [2.24, 2.45) is 5.92 Å². The zero-order chi connectivity index (χ0) is 18.8. The van der Waals surface area contributed by atoms with E-state index in [0.717, 1.165) is 22.6 Å². The van der Waals surface area contributed by atoms with Crippen molar-refractivity contribution in [1.82, 2.24) is 9.97 Å². The van der Waals surface area contributed by atoms with Crippen LogP contribution in [-0.2, 0) is 9.59 Å². The molecule has 1 saturated heterocycles. The lowest BCUT2D eigenvalue weighted by molar-refractivity contribution is -0.122. The van der Waals surface area contributed by atoms with Crippen LogP contribution in [0.1, 0.15) is 43.1 Å². The Kier molecular flexibility index (Phi) is 5.02. The van der Waals surface area contributed by atoms with E-state index in [1.165, 1.54) is 0 Å². The Morgan fingerprint density at radius 3 is 2.58 bits per heavy atom. The Morgan fingerprint density at radius 1 is 1.23 bits per heavy atom. The number of carbonyl (C=O) groups excluding carboxylic acids is 2. The average molecular weight is 352 g/mol. The predicted molar refractivity (Wildman–Crippen MR) is 101 cm³/mol. The molecule has 26 heavy (non-hydrogen) atoms. The van der Waals surface area contributed by atoms with Crippen LogP contribution in [0.3, 0.4) is 0 Å². The first kappa shape index (κ1) is 18.0. The molecular weight excluding hydrogens is 328 g/mol. The van der Waals surface area contributed by atoms with Crippen LogP contribution in [0, 0.1) is 19.8 Å². The molecule has 2 amide bonds. The number of benzene rings is 1. The largest absolute Gasteiger partial charge is 0.323 e. The van der Waals surface area contributed by atoms with Gasteiger partial charge in [-0.1, -0.05) is 26.0 Å². The molecule has 0 spiro atoms. The number of hydrogen-bond acceptors (Lipinski definition) is 4. The van der Waals surface area contributed by atoms with Crippen molar-refractivity contribution < 1.29 is 9.59 Å². The lowest BCUT2D eigenvalue weighted by Crippen LogP contribution is -2.28. The molecule has 0 saturated carbocycles. The van der Waals surface area contributed by atoms with Crippen LogP contribution >= 0.6 is 0 Å². The van der Waals surface area contributed by atoms with Crippen molar-refractivity contribution in [3.8, 4) is 0 Å². The molecule has 0 aliphatic carbocycles. The maximum atomic E-state index is 12.6. The summed E-state index contributed by atoms with van der Waals surface area (Å²) in [5, 5.41) is 2.83. The molecular formula is C20H24N4O2. The maximum absolute atomic E-state index is 12.6. The number of rotatable bonds is 4. The smallest absolute Gasteiger partial charge is 0.229 e. The minimum absolute atomic E-state index is 0.0229. The van der Waals surface area contributed by atoms with E-state index in [1.807, 2.05) is 45.9 Å². The van der Waals surface area contributed by atoms with Crippen molar-refractivity contribution in [3.63, 3.8) is 0 Å². The topological polar surface area (TPSA) is 75.2 Å². The fraction of sp³-hybridized carbons (Fsp3) is 0.400. The molecule has 1 aromatic carbocycles. The zero-order valence-electron chi connectivity index (χ0n) is 15.6. The van der Waals surface area contributed by atoms with Gasteiger partial charge < -0.3 is 10.2 Å². The monoisotopic (exact) mass is 352 g/mol. The molecule has 1 aliphatic rings. The Labute approximate surface area is 153 Å². The summed E-state index contributed by atoms with van der Waals surface area (Å²) < 4.78 is 0. The number of aromatic nitrogens is 2. The molecule has 6 nitrogen and oxygen atoms in total. The third kappa shape index (κ3) is 3.59. The van der Waals surface area contributed by atoms with E-state index in [-0.39, 0.29) is 30.1 Å². The van der Waals surface area contributed by atoms with Gasteiger partial charge in [-0.05, 0) is 31.0 Å². The normalized spacial score (nSPS) is 17.0. The molecule has 0 bridgehead atoms. The SMILES string of the molecule is Cc1cccc(N2CC(C(=O)Nc3cnc(C(C)C)nc3)CC2=O)c1C. The first-order chi connectivity index (χ1) is 12.4. The number of carbonyl (C=O) groups is 2. The molecule has 3 rings (SSSR count). The standard InChI is InChI=1S/C20H24N4O2/c1-12(2)19-21-9-16(10-22-19)23-20(26)15-8-18(25)24(11-15)17-7-5-6-13(3)14(17)4/h5-7,9-10,12,15H,8,11H2,1-4H3,(H,23,26). The second-order valence-electron chi connectivity index (χ2n) is 7.10. The molecule has 1 aliphatic heterocycles. The molecule has 1 N–H and O–H groups in total. The number of aryl methyl sites for hydroxylation is 1. The van der Waals surface area contributed by atoms with Crippen molar-refractivity contribution >= 4 is 23.2 Å². The van der Waals surface area contributed by atoms with Crippen molar-refractivity contribution in [1.29, 1.82) is 0 Å². The van der Waals surface area contributed by atoms with Gasteiger partial charge in [0.1, 0.15) is 5.82 Å². The van der Waals surface area contributed by atoms with E-state index < -0.39 is 0 Å². The van der Waals surface area contributed by atoms with E-state index in [4.69, 9.17) is 0 Å². The van der Waals surface area contributed by atoms with Crippen molar-refractivity contribution in [2.75, 3.05) is 16.8 Å². The summed E-state index contributed by atoms with van der Waals surface area (Å²) in [5.41, 5.74) is 3.64. The quantitative estimate of drug-likeness (QED) is 0.917. The van der Waals surface area contributed by atoms with Crippen LogP contribution in [0.15, 0.2) is 30.6 Å². The maximum Gasteiger partial charge on any atom is 0.229 e. The van der Waals surface area contributed by atoms with E-state index in [2.05, 4.69) is 15.3 Å². The summed E-state index contributed by atoms with van der Waals surface area (Å²) in [6, 6.07) is 5.88. The minimum atomic E-state index is -0.382. The number of amides is 2. The lowest BCUT2D eigenvalue weighted by atomic mass is 10.1. The number of nitrogens with zero attached hydrogens (tertiary/aromatic N) is 3. The van der Waals surface area contributed by atoms with Gasteiger partial charge in [0.2, 0.25) is 11.8 Å². The second-order valence-corrected chi connectivity index (χ2v) is 7.10. The van der Waals surface area contributed by atoms with Gasteiger partial charge in [0.05, 0.1) is 24.0 Å². The number of anilines is 2. The molecule has 2 aromatic rings. The van der Waals surface area contributed by atoms with E-state index in [1.54, 1.807) is 17.3 Å². The molecule has 1 aromatic heterocycles. The highest BCUT2D eigenvalue weighted by Gasteiger charge is 2.35. The highest BCUT2D eigenvalue weighted by molar-refractivity contribution is 6.03. The van der Waals surface area contributed by atoms with Gasteiger partial charge in [0.15, 0.2) is 0 Å². The van der Waals surface area contributed by atoms with Crippen LogP contribution in [0.5, 0.6) is 0 Å². The van der Waals surface area contributed by atoms with Crippen LogP contribution in [-0.4, -0.2) is 28.3 Å². The van der Waals surface area contributed by atoms with Crippen LogP contribution in [0.25, 0.3) is 0 Å². The van der Waals surface area contributed by atoms with Crippen LogP contribution < -0.4 is 10.2 Å². The summed E-state index contributed by atoms with van der Waals surface area (Å²) in [5.74, 6) is 0.392. The lowest BCUT2D eigenvalue weighted by Gasteiger charge is -2.20. The second kappa shape index (κ2) is 7.23. The van der Waals surface area contributed by atoms with Gasteiger partial charge in [0.25, 0.3) is 0 Å². The highest BCUT2D eigenvalue weighted by atomic mass is 16.2. The third-order valence-electron chi connectivity index (χ3n) is 4.82. The average Bonchev–Trinajstić information content (AvgIpc) is 2.99.